The molecule has 0 saturated heterocycles. The monoisotopic (exact) mass is 592 g/mol. The Morgan fingerprint density at radius 2 is 1.38 bits per heavy atom. The molecule has 0 spiro atoms. The van der Waals surface area contributed by atoms with Crippen LogP contribution in [0, 0.1) is 5.92 Å². The van der Waals surface area contributed by atoms with Gasteiger partial charge in [-0.25, -0.2) is 0 Å². The summed E-state index contributed by atoms with van der Waals surface area (Å²) < 4.78 is 5.65. The van der Waals surface area contributed by atoms with Crippen LogP contribution in [0.3, 0.4) is 0 Å². The third-order valence-corrected chi connectivity index (χ3v) is 47.1. The van der Waals surface area contributed by atoms with E-state index in [0.717, 1.165) is 0 Å². The van der Waals surface area contributed by atoms with Gasteiger partial charge >= 0.3 is 216 Å². The zero-order valence-electron chi connectivity index (χ0n) is 22.4. The molecule has 0 aliphatic heterocycles. The van der Waals surface area contributed by atoms with E-state index in [1.54, 1.807) is 22.3 Å². The SMILES string of the molecule is CCC[CH2][Zr](=[GeH2])([CH2]CCC)([C]1=C(C)C(C)=C(C)C1C)[CH]1C=C(c2ccccc2)c2ccccc21. The molecule has 2 atom stereocenters. The number of fused-ring (bicyclic) bond motifs is 1. The fraction of sp³-hybridized carbons (Fsp3) is 0.438. The zero-order valence-corrected chi connectivity index (χ0v) is 27.8. The van der Waals surface area contributed by atoms with E-state index in [0.29, 0.717) is 9.54 Å². The van der Waals surface area contributed by atoms with Crippen molar-refractivity contribution in [2.75, 3.05) is 0 Å². The molecule has 0 aromatic heterocycles. The summed E-state index contributed by atoms with van der Waals surface area (Å²) in [7, 11) is 0. The molecule has 0 saturated carbocycles. The van der Waals surface area contributed by atoms with E-state index in [9.17, 15) is 0 Å². The summed E-state index contributed by atoms with van der Waals surface area (Å²) in [6.45, 7) is 14.7. The fourth-order valence-electron chi connectivity index (χ4n) is 7.42. The second-order valence-corrected chi connectivity index (χ2v) is 48.5. The van der Waals surface area contributed by atoms with E-state index < -0.39 is 15.7 Å². The van der Waals surface area contributed by atoms with Crippen molar-refractivity contribution >= 4 is 17.7 Å². The predicted molar refractivity (Wildman–Crippen MR) is 151 cm³/mol. The summed E-state index contributed by atoms with van der Waals surface area (Å²) in [4.78, 5) is 0. The second-order valence-electron chi connectivity index (χ2n) is 11.3. The Morgan fingerprint density at radius 1 is 0.794 bits per heavy atom. The molecule has 0 bridgehead atoms. The van der Waals surface area contributed by atoms with Crippen molar-refractivity contribution in [2.24, 2.45) is 5.92 Å². The van der Waals surface area contributed by atoms with Crippen LogP contribution in [-0.4, -0.2) is 12.1 Å². The fourth-order valence-corrected chi connectivity index (χ4v) is 45.7. The molecule has 0 N–H and O–H groups in total. The molecule has 2 unspecified atom stereocenters. The van der Waals surface area contributed by atoms with E-state index in [-0.39, 0.29) is 0 Å². The molecule has 2 aliphatic carbocycles. The first-order valence-electron chi connectivity index (χ1n) is 13.6. The summed E-state index contributed by atoms with van der Waals surface area (Å²) in [5.74, 6) is 0.634. The molecule has 4 rings (SSSR count). The van der Waals surface area contributed by atoms with E-state index in [2.05, 4.69) is 102 Å². The molecule has 0 fully saturated rings. The van der Waals surface area contributed by atoms with Crippen molar-refractivity contribution in [3.8, 4) is 0 Å². The molecule has 180 valence electrons. The van der Waals surface area contributed by atoms with Crippen LogP contribution >= 0.6 is 0 Å². The summed E-state index contributed by atoms with van der Waals surface area (Å²) in [6, 6.07) is 20.6. The Labute approximate surface area is 214 Å². The standard InChI is InChI=1S/C15H11.C9H13.2C4H9.GeH2.Zr/c1-2-6-12(7-3-1)15-11-10-13-8-4-5-9-14(13)15;1-6-5-7(2)9(4)8(6)3;2*1-3-4-2;;/h1-11H;6H,1-4H3;2*1,3-4H2,2H3;1H2;. The third-order valence-electron chi connectivity index (χ3n) is 9.49. The average Bonchev–Trinajstić information content (AvgIpc) is 3.35. The second kappa shape index (κ2) is 10.2. The number of hydrogen-bond acceptors (Lipinski definition) is 0. The Morgan fingerprint density at radius 3 is 1.94 bits per heavy atom. The van der Waals surface area contributed by atoms with Gasteiger partial charge in [-0.2, -0.15) is 0 Å². The number of unbranched alkanes of at least 4 members (excludes halogenated alkanes) is 2. The van der Waals surface area contributed by atoms with Crippen molar-refractivity contribution < 1.29 is 15.7 Å². The zero-order chi connectivity index (χ0) is 24.5. The molecular weight excluding hydrogens is 548 g/mol. The van der Waals surface area contributed by atoms with Crippen molar-refractivity contribution in [1.82, 2.24) is 0 Å². The van der Waals surface area contributed by atoms with E-state index in [1.807, 2.05) is 3.28 Å². The normalized spacial score (nSPS) is 20.7. The van der Waals surface area contributed by atoms with Crippen LogP contribution < -0.4 is 0 Å². The first-order valence-corrected chi connectivity index (χ1v) is 30.2. The van der Waals surface area contributed by atoms with E-state index >= 15 is 0 Å². The van der Waals surface area contributed by atoms with Gasteiger partial charge in [0.05, 0.1) is 0 Å². The van der Waals surface area contributed by atoms with E-state index in [1.165, 1.54) is 62.8 Å². The van der Waals surface area contributed by atoms with Crippen LogP contribution in [-0.2, 0) is 15.7 Å². The average molecular weight is 593 g/mol. The van der Waals surface area contributed by atoms with E-state index in [4.69, 9.17) is 0 Å². The van der Waals surface area contributed by atoms with Gasteiger partial charge in [-0.3, -0.25) is 0 Å². The first kappa shape index (κ1) is 26.2. The Hall–Kier alpha value is -0.914. The summed E-state index contributed by atoms with van der Waals surface area (Å²) in [5.41, 5.74) is 11.0. The predicted octanol–water partition coefficient (Wildman–Crippen LogP) is 9.11. The van der Waals surface area contributed by atoms with Crippen molar-refractivity contribution in [3.05, 3.63) is 97.4 Å². The van der Waals surface area contributed by atoms with Gasteiger partial charge in [0, 0.05) is 0 Å². The number of benzene rings is 2. The third kappa shape index (κ3) is 4.18. The number of hydrogen-bond donors (Lipinski definition) is 0. The Kier molecular flexibility index (Phi) is 7.86. The van der Waals surface area contributed by atoms with Gasteiger partial charge in [0.15, 0.2) is 0 Å². The number of rotatable bonds is 9. The van der Waals surface area contributed by atoms with Gasteiger partial charge in [0.25, 0.3) is 0 Å². The van der Waals surface area contributed by atoms with Crippen LogP contribution in [0.15, 0.2) is 80.7 Å². The molecular formula is C32H44GeZr. The molecule has 34 heavy (non-hydrogen) atoms. The van der Waals surface area contributed by atoms with Crippen molar-refractivity contribution in [3.63, 3.8) is 0 Å². The molecule has 2 aromatic rings. The first-order chi connectivity index (χ1) is 16.3. The molecule has 2 aromatic carbocycles. The molecule has 2 heteroatoms. The molecule has 2 aliphatic rings. The summed E-state index contributed by atoms with van der Waals surface area (Å²) in [6.07, 6.45) is 8.20. The van der Waals surface area contributed by atoms with Gasteiger partial charge < -0.3 is 0 Å². The van der Waals surface area contributed by atoms with Crippen LogP contribution in [0.4, 0.5) is 0 Å². The number of allylic oxidation sites excluding steroid dienone is 5. The molecule has 0 radical (unpaired) electrons. The van der Waals surface area contributed by atoms with Gasteiger partial charge in [-0.05, 0) is 0 Å². The summed E-state index contributed by atoms with van der Waals surface area (Å²) in [5, 5.41) is 0. The van der Waals surface area contributed by atoms with Gasteiger partial charge in [0.1, 0.15) is 0 Å². The topological polar surface area (TPSA) is 0 Å². The van der Waals surface area contributed by atoms with Crippen LogP contribution in [0.2, 0.25) is 8.26 Å². The quantitative estimate of drug-likeness (QED) is 0.255. The Bertz CT molecular complexity index is 1210. The van der Waals surface area contributed by atoms with Gasteiger partial charge in [-0.15, -0.1) is 0 Å². The van der Waals surface area contributed by atoms with Crippen molar-refractivity contribution in [2.45, 2.75) is 79.1 Å². The van der Waals surface area contributed by atoms with Crippen LogP contribution in [0.25, 0.3) is 5.57 Å². The van der Waals surface area contributed by atoms with Crippen LogP contribution in [0.1, 0.15) is 87.5 Å². The Balaban J connectivity index is 2.04. The van der Waals surface area contributed by atoms with Crippen molar-refractivity contribution in [1.29, 1.82) is 0 Å². The molecule has 0 amide bonds. The minimum atomic E-state index is -3.48. The van der Waals surface area contributed by atoms with Gasteiger partial charge in [-0.1, -0.05) is 0 Å². The maximum atomic E-state index is 2.79. The maximum absolute atomic E-state index is 3.48. The summed E-state index contributed by atoms with van der Waals surface area (Å²) >= 11 is -1.95. The van der Waals surface area contributed by atoms with Crippen LogP contribution in [0.5, 0.6) is 0 Å². The molecule has 0 nitrogen and oxygen atoms in total. The molecule has 0 heterocycles. The minimum absolute atomic E-state index is 0.634. The van der Waals surface area contributed by atoms with Gasteiger partial charge in [0.2, 0.25) is 0 Å².